The van der Waals surface area contributed by atoms with E-state index in [2.05, 4.69) is 11.4 Å². The van der Waals surface area contributed by atoms with Crippen LogP contribution in [-0.4, -0.2) is 25.0 Å². The predicted octanol–water partition coefficient (Wildman–Crippen LogP) is 3.47. The normalized spacial score (nSPS) is 14.1. The van der Waals surface area contributed by atoms with Gasteiger partial charge < -0.3 is 10.1 Å². The molecule has 4 nitrogen and oxygen atoms in total. The highest BCUT2D eigenvalue weighted by molar-refractivity contribution is 5.93. The second-order valence-corrected chi connectivity index (χ2v) is 6.03. The number of aryl methyl sites for hydroxylation is 1. The van der Waals surface area contributed by atoms with E-state index >= 15 is 0 Å². The number of ether oxygens (including phenoxy) is 1. The van der Waals surface area contributed by atoms with Gasteiger partial charge >= 0.3 is 5.97 Å². The second kappa shape index (κ2) is 8.51. The van der Waals surface area contributed by atoms with Gasteiger partial charge in [0.25, 0.3) is 5.91 Å². The highest BCUT2D eigenvalue weighted by Gasteiger charge is 2.13. The molecule has 0 radical (unpaired) electrons. The van der Waals surface area contributed by atoms with E-state index < -0.39 is 5.97 Å². The van der Waals surface area contributed by atoms with Gasteiger partial charge in [0.1, 0.15) is 0 Å². The Hall–Kier alpha value is -2.10. The summed E-state index contributed by atoms with van der Waals surface area (Å²) in [5.74, 6) is -0.698. The molecule has 0 unspecified atom stereocenters. The molecule has 0 bridgehead atoms. The fourth-order valence-corrected chi connectivity index (χ4v) is 2.73. The maximum atomic E-state index is 12.0. The topological polar surface area (TPSA) is 55.4 Å². The Labute approximate surface area is 137 Å². The standard InChI is InChI=1S/C19H25NO3/c1-14-7-6-10-17(15(14)2)19(22)23-13-18(21)20-12-11-16-8-4-3-5-9-16/h6-8,10H,3-5,9,11-13H2,1-2H3,(H,20,21). The zero-order valence-electron chi connectivity index (χ0n) is 14.0. The molecule has 23 heavy (non-hydrogen) atoms. The Morgan fingerprint density at radius 2 is 2.04 bits per heavy atom. The predicted molar refractivity (Wildman–Crippen MR) is 90.4 cm³/mol. The Morgan fingerprint density at radius 1 is 1.22 bits per heavy atom. The highest BCUT2D eigenvalue weighted by atomic mass is 16.5. The number of carbonyl (C=O) groups excluding carboxylic acids is 2. The van der Waals surface area contributed by atoms with Crippen molar-refractivity contribution in [1.29, 1.82) is 0 Å². The molecule has 1 aromatic carbocycles. The smallest absolute Gasteiger partial charge is 0.338 e. The van der Waals surface area contributed by atoms with Crippen molar-refractivity contribution in [2.75, 3.05) is 13.2 Å². The van der Waals surface area contributed by atoms with Crippen LogP contribution < -0.4 is 5.32 Å². The fourth-order valence-electron chi connectivity index (χ4n) is 2.73. The molecule has 124 valence electrons. The molecular weight excluding hydrogens is 290 g/mol. The minimum absolute atomic E-state index is 0.231. The Balaban J connectivity index is 1.72. The maximum Gasteiger partial charge on any atom is 0.338 e. The summed E-state index contributed by atoms with van der Waals surface area (Å²) in [7, 11) is 0. The summed E-state index contributed by atoms with van der Waals surface area (Å²) in [6.07, 6.45) is 7.96. The quantitative estimate of drug-likeness (QED) is 0.646. The Kier molecular flexibility index (Phi) is 6.39. The number of hydrogen-bond donors (Lipinski definition) is 1. The SMILES string of the molecule is Cc1cccc(C(=O)OCC(=O)NCCC2=CCCCC2)c1C. The van der Waals surface area contributed by atoms with E-state index in [9.17, 15) is 9.59 Å². The minimum atomic E-state index is -0.448. The summed E-state index contributed by atoms with van der Waals surface area (Å²) in [5.41, 5.74) is 3.86. The first-order chi connectivity index (χ1) is 11.1. The number of carbonyl (C=O) groups is 2. The maximum absolute atomic E-state index is 12.0. The van der Waals surface area contributed by atoms with E-state index in [4.69, 9.17) is 4.74 Å². The number of allylic oxidation sites excluding steroid dienone is 1. The minimum Gasteiger partial charge on any atom is -0.452 e. The lowest BCUT2D eigenvalue weighted by Gasteiger charge is -2.13. The summed E-state index contributed by atoms with van der Waals surface area (Å²) in [6.45, 7) is 4.19. The molecule has 1 N–H and O–H groups in total. The molecule has 0 spiro atoms. The Bertz CT molecular complexity index is 605. The van der Waals surface area contributed by atoms with Gasteiger partial charge in [-0.15, -0.1) is 0 Å². The molecule has 0 aliphatic heterocycles. The number of esters is 1. The van der Waals surface area contributed by atoms with Crippen LogP contribution in [0.15, 0.2) is 29.8 Å². The van der Waals surface area contributed by atoms with Gasteiger partial charge in [-0.1, -0.05) is 23.8 Å². The third-order valence-electron chi connectivity index (χ3n) is 4.31. The van der Waals surface area contributed by atoms with Crippen molar-refractivity contribution in [3.8, 4) is 0 Å². The van der Waals surface area contributed by atoms with Gasteiger partial charge in [0, 0.05) is 6.54 Å². The van der Waals surface area contributed by atoms with E-state index in [1.807, 2.05) is 26.0 Å². The van der Waals surface area contributed by atoms with Crippen LogP contribution in [0.5, 0.6) is 0 Å². The third kappa shape index (κ3) is 5.23. The second-order valence-electron chi connectivity index (χ2n) is 6.03. The molecule has 1 aliphatic carbocycles. The zero-order valence-corrected chi connectivity index (χ0v) is 14.0. The van der Waals surface area contributed by atoms with Crippen molar-refractivity contribution in [2.45, 2.75) is 46.0 Å². The molecule has 0 saturated carbocycles. The average molecular weight is 315 g/mol. The zero-order chi connectivity index (χ0) is 16.7. The van der Waals surface area contributed by atoms with E-state index in [1.54, 1.807) is 6.07 Å². The summed E-state index contributed by atoms with van der Waals surface area (Å²) in [6, 6.07) is 5.48. The number of rotatable bonds is 6. The number of hydrogen-bond acceptors (Lipinski definition) is 3. The third-order valence-corrected chi connectivity index (χ3v) is 4.31. The van der Waals surface area contributed by atoms with E-state index in [0.717, 1.165) is 30.4 Å². The molecule has 2 rings (SSSR count). The monoisotopic (exact) mass is 315 g/mol. The van der Waals surface area contributed by atoms with Crippen LogP contribution in [0.3, 0.4) is 0 Å². The van der Waals surface area contributed by atoms with Gasteiger partial charge in [-0.2, -0.15) is 0 Å². The van der Waals surface area contributed by atoms with Gasteiger partial charge in [0.05, 0.1) is 5.56 Å². The van der Waals surface area contributed by atoms with Crippen molar-refractivity contribution in [1.82, 2.24) is 5.32 Å². The van der Waals surface area contributed by atoms with Crippen LogP contribution in [0.1, 0.15) is 53.6 Å². The molecule has 1 amide bonds. The summed E-state index contributed by atoms with van der Waals surface area (Å²) < 4.78 is 5.10. The molecule has 0 atom stereocenters. The van der Waals surface area contributed by atoms with Gasteiger partial charge in [-0.3, -0.25) is 4.79 Å². The van der Waals surface area contributed by atoms with Gasteiger partial charge in [-0.25, -0.2) is 4.79 Å². The van der Waals surface area contributed by atoms with Crippen LogP contribution >= 0.6 is 0 Å². The summed E-state index contributed by atoms with van der Waals surface area (Å²) in [4.78, 5) is 23.8. The first kappa shape index (κ1) is 17.3. The Morgan fingerprint density at radius 3 is 2.78 bits per heavy atom. The first-order valence-electron chi connectivity index (χ1n) is 8.26. The molecule has 1 aromatic rings. The lowest BCUT2D eigenvalue weighted by atomic mass is 9.97. The lowest BCUT2D eigenvalue weighted by molar-refractivity contribution is -0.124. The van der Waals surface area contributed by atoms with Crippen LogP contribution in [-0.2, 0) is 9.53 Å². The molecule has 0 saturated heterocycles. The lowest BCUT2D eigenvalue weighted by Crippen LogP contribution is -2.30. The molecule has 0 heterocycles. The van der Waals surface area contributed by atoms with Gasteiger partial charge in [-0.05, 0) is 63.1 Å². The number of nitrogens with one attached hydrogen (secondary N) is 1. The summed E-state index contributed by atoms with van der Waals surface area (Å²) in [5, 5.41) is 2.81. The van der Waals surface area contributed by atoms with Crippen molar-refractivity contribution in [3.05, 3.63) is 46.5 Å². The summed E-state index contributed by atoms with van der Waals surface area (Å²) >= 11 is 0. The largest absolute Gasteiger partial charge is 0.452 e. The van der Waals surface area contributed by atoms with Crippen molar-refractivity contribution in [3.63, 3.8) is 0 Å². The molecule has 1 aliphatic rings. The molecular formula is C19H25NO3. The van der Waals surface area contributed by atoms with Crippen molar-refractivity contribution in [2.24, 2.45) is 0 Å². The van der Waals surface area contributed by atoms with Crippen molar-refractivity contribution >= 4 is 11.9 Å². The number of amides is 1. The van der Waals surface area contributed by atoms with Crippen LogP contribution in [0.2, 0.25) is 0 Å². The average Bonchev–Trinajstić information content (AvgIpc) is 2.56. The van der Waals surface area contributed by atoms with Gasteiger partial charge in [0.15, 0.2) is 6.61 Å². The van der Waals surface area contributed by atoms with Gasteiger partial charge in [0.2, 0.25) is 0 Å². The van der Waals surface area contributed by atoms with E-state index in [1.165, 1.54) is 18.4 Å². The number of benzene rings is 1. The molecule has 0 fully saturated rings. The van der Waals surface area contributed by atoms with Crippen LogP contribution in [0, 0.1) is 13.8 Å². The van der Waals surface area contributed by atoms with E-state index in [0.29, 0.717) is 12.1 Å². The van der Waals surface area contributed by atoms with Crippen molar-refractivity contribution < 1.29 is 14.3 Å². The molecule has 0 aromatic heterocycles. The molecule has 4 heteroatoms. The fraction of sp³-hybridized carbons (Fsp3) is 0.474. The van der Waals surface area contributed by atoms with E-state index in [-0.39, 0.29) is 12.5 Å². The highest BCUT2D eigenvalue weighted by Crippen LogP contribution is 2.19. The first-order valence-corrected chi connectivity index (χ1v) is 8.26. The van der Waals surface area contributed by atoms with Crippen LogP contribution in [0.4, 0.5) is 0 Å². The van der Waals surface area contributed by atoms with Crippen LogP contribution in [0.25, 0.3) is 0 Å².